The fraction of sp³-hybridized carbons (Fsp3) is 0.292. The Balaban J connectivity index is 1.61. The molecule has 1 fully saturated rings. The van der Waals surface area contributed by atoms with Gasteiger partial charge in [-0.1, -0.05) is 18.3 Å². The number of piperazine rings is 1. The van der Waals surface area contributed by atoms with Crippen LogP contribution in [0.15, 0.2) is 36.5 Å². The van der Waals surface area contributed by atoms with Crippen molar-refractivity contribution >= 4 is 33.4 Å². The summed E-state index contributed by atoms with van der Waals surface area (Å²) < 4.78 is 30.0. The zero-order valence-electron chi connectivity index (χ0n) is 18.8. The van der Waals surface area contributed by atoms with E-state index in [2.05, 4.69) is 16.5 Å². The lowest BCUT2D eigenvalue weighted by Crippen LogP contribution is -2.43. The van der Waals surface area contributed by atoms with Crippen molar-refractivity contribution in [1.82, 2.24) is 19.9 Å². The highest BCUT2D eigenvalue weighted by molar-refractivity contribution is 7.16. The summed E-state index contributed by atoms with van der Waals surface area (Å²) in [7, 11) is 1.87. The summed E-state index contributed by atoms with van der Waals surface area (Å²) >= 11 is 1.26. The van der Waals surface area contributed by atoms with Crippen LogP contribution in [0, 0.1) is 23.0 Å². The standard InChI is InChI=1S/C24H23F2N7S/c1-3-18-23(20-12-19(17(26)14-33(20)30-18)32-10-8-28-9-11-32)31(2)24-29-22(21(13-27)34-24)15-4-6-16(25)7-5-15/h4-7,12,14,28H,3,8-11H2,1-2H3. The second-order valence-corrected chi connectivity index (χ2v) is 9.05. The predicted octanol–water partition coefficient (Wildman–Crippen LogP) is 4.35. The van der Waals surface area contributed by atoms with E-state index >= 15 is 0 Å². The average Bonchev–Trinajstić information content (AvgIpc) is 3.45. The molecule has 7 nitrogen and oxygen atoms in total. The highest BCUT2D eigenvalue weighted by Gasteiger charge is 2.24. The van der Waals surface area contributed by atoms with E-state index in [0.29, 0.717) is 33.4 Å². The third-order valence-corrected chi connectivity index (χ3v) is 7.03. The highest BCUT2D eigenvalue weighted by Crippen LogP contribution is 2.39. The topological polar surface area (TPSA) is 72.5 Å². The van der Waals surface area contributed by atoms with E-state index in [1.54, 1.807) is 16.6 Å². The van der Waals surface area contributed by atoms with Crippen molar-refractivity contribution < 1.29 is 8.78 Å². The molecule has 1 aliphatic rings. The maximum absolute atomic E-state index is 15.0. The molecule has 1 aromatic carbocycles. The molecular formula is C24H23F2N7S. The van der Waals surface area contributed by atoms with Gasteiger partial charge in [0.05, 0.1) is 28.8 Å². The number of pyridine rings is 1. The second kappa shape index (κ2) is 9.00. The van der Waals surface area contributed by atoms with Crippen LogP contribution in [0.3, 0.4) is 0 Å². The van der Waals surface area contributed by atoms with Gasteiger partial charge in [0.15, 0.2) is 10.9 Å². The number of thiazole rings is 1. The van der Waals surface area contributed by atoms with Crippen LogP contribution >= 0.6 is 11.3 Å². The van der Waals surface area contributed by atoms with Gasteiger partial charge in [0.25, 0.3) is 0 Å². The molecule has 1 saturated heterocycles. The molecule has 0 bridgehead atoms. The molecule has 0 atom stereocenters. The Hall–Kier alpha value is -3.55. The van der Waals surface area contributed by atoms with Gasteiger partial charge < -0.3 is 15.1 Å². The van der Waals surface area contributed by atoms with Gasteiger partial charge in [0.2, 0.25) is 0 Å². The van der Waals surface area contributed by atoms with Crippen LogP contribution in [-0.4, -0.2) is 47.8 Å². The molecule has 0 amide bonds. The number of nitrogens with one attached hydrogen (secondary N) is 1. The Morgan fingerprint density at radius 1 is 1.21 bits per heavy atom. The first kappa shape index (κ1) is 22.3. The highest BCUT2D eigenvalue weighted by atomic mass is 32.1. The van der Waals surface area contributed by atoms with E-state index in [0.717, 1.165) is 43.1 Å². The molecule has 4 aromatic rings. The van der Waals surface area contributed by atoms with Gasteiger partial charge in [0, 0.05) is 38.8 Å². The normalized spacial score (nSPS) is 13.9. The SMILES string of the molecule is CCc1nn2cc(F)c(N3CCNCC3)cc2c1N(C)c1nc(-c2ccc(F)cc2)c(C#N)s1. The van der Waals surface area contributed by atoms with Crippen molar-refractivity contribution in [3.8, 4) is 17.3 Å². The number of anilines is 3. The lowest BCUT2D eigenvalue weighted by molar-refractivity contribution is 0.562. The second-order valence-electron chi connectivity index (χ2n) is 8.07. The summed E-state index contributed by atoms with van der Waals surface area (Å²) in [5.74, 6) is -0.658. The van der Waals surface area contributed by atoms with Gasteiger partial charge in [-0.2, -0.15) is 10.4 Å². The van der Waals surface area contributed by atoms with Crippen LogP contribution < -0.4 is 15.1 Å². The third-order valence-electron chi connectivity index (χ3n) is 5.99. The van der Waals surface area contributed by atoms with Crippen molar-refractivity contribution in [2.75, 3.05) is 43.0 Å². The van der Waals surface area contributed by atoms with Gasteiger partial charge in [-0.15, -0.1) is 0 Å². The number of nitriles is 1. The molecular weight excluding hydrogens is 456 g/mol. The molecule has 1 N–H and O–H groups in total. The number of rotatable bonds is 5. The fourth-order valence-corrected chi connectivity index (χ4v) is 5.12. The van der Waals surface area contributed by atoms with Crippen molar-refractivity contribution in [1.29, 1.82) is 5.26 Å². The molecule has 4 heterocycles. The van der Waals surface area contributed by atoms with Gasteiger partial charge in [0.1, 0.15) is 22.5 Å². The summed E-state index contributed by atoms with van der Waals surface area (Å²) in [6, 6.07) is 9.99. The Morgan fingerprint density at radius 3 is 2.62 bits per heavy atom. The van der Waals surface area contributed by atoms with E-state index < -0.39 is 0 Å². The number of hydrogen-bond donors (Lipinski definition) is 1. The Kier molecular flexibility index (Phi) is 5.89. The molecule has 34 heavy (non-hydrogen) atoms. The lowest BCUT2D eigenvalue weighted by Gasteiger charge is -2.29. The quantitative estimate of drug-likeness (QED) is 0.459. The number of benzene rings is 1. The van der Waals surface area contributed by atoms with Gasteiger partial charge >= 0.3 is 0 Å². The van der Waals surface area contributed by atoms with Crippen LogP contribution in [0.2, 0.25) is 0 Å². The zero-order chi connectivity index (χ0) is 23.8. The number of aryl methyl sites for hydroxylation is 1. The summed E-state index contributed by atoms with van der Waals surface area (Å²) in [6.45, 7) is 5.06. The number of fused-ring (bicyclic) bond motifs is 1. The molecule has 0 saturated carbocycles. The van der Waals surface area contributed by atoms with Crippen molar-refractivity contribution in [2.24, 2.45) is 0 Å². The van der Waals surface area contributed by atoms with E-state index in [1.165, 1.54) is 29.7 Å². The minimum Gasteiger partial charge on any atom is -0.367 e. The van der Waals surface area contributed by atoms with Crippen LogP contribution in [0.4, 0.5) is 25.3 Å². The Morgan fingerprint density at radius 2 is 1.94 bits per heavy atom. The van der Waals surface area contributed by atoms with Crippen molar-refractivity contribution in [2.45, 2.75) is 13.3 Å². The summed E-state index contributed by atoms with van der Waals surface area (Å²) in [5.41, 5.74) is 4.13. The zero-order valence-corrected chi connectivity index (χ0v) is 19.7. The minimum atomic E-state index is -0.346. The number of aromatic nitrogens is 3. The van der Waals surface area contributed by atoms with Gasteiger partial charge in [-0.25, -0.2) is 18.3 Å². The van der Waals surface area contributed by atoms with E-state index in [-0.39, 0.29) is 11.6 Å². The first-order chi connectivity index (χ1) is 16.5. The number of hydrogen-bond acceptors (Lipinski definition) is 7. The molecule has 174 valence electrons. The monoisotopic (exact) mass is 479 g/mol. The maximum atomic E-state index is 15.0. The van der Waals surface area contributed by atoms with Crippen LogP contribution in [0.1, 0.15) is 17.5 Å². The first-order valence-electron chi connectivity index (χ1n) is 11.1. The lowest BCUT2D eigenvalue weighted by atomic mass is 10.1. The molecule has 3 aromatic heterocycles. The summed E-state index contributed by atoms with van der Waals surface area (Å²) in [5, 5.41) is 18.2. The van der Waals surface area contributed by atoms with Crippen LogP contribution in [0.5, 0.6) is 0 Å². The smallest absolute Gasteiger partial charge is 0.191 e. The molecule has 5 rings (SSSR count). The summed E-state index contributed by atoms with van der Waals surface area (Å²) in [4.78, 5) is 9.10. The van der Waals surface area contributed by atoms with Crippen LogP contribution in [-0.2, 0) is 6.42 Å². The predicted molar refractivity (Wildman–Crippen MR) is 130 cm³/mol. The van der Waals surface area contributed by atoms with Crippen LogP contribution in [0.25, 0.3) is 16.8 Å². The molecule has 10 heteroatoms. The molecule has 0 radical (unpaired) electrons. The Bertz CT molecular complexity index is 1380. The fourth-order valence-electron chi connectivity index (χ4n) is 4.27. The molecule has 0 unspecified atom stereocenters. The summed E-state index contributed by atoms with van der Waals surface area (Å²) in [6.07, 6.45) is 2.07. The number of nitrogens with zero attached hydrogens (tertiary/aromatic N) is 6. The first-order valence-corrected chi connectivity index (χ1v) is 11.9. The van der Waals surface area contributed by atoms with Gasteiger partial charge in [-0.3, -0.25) is 0 Å². The third kappa shape index (κ3) is 3.87. The van der Waals surface area contributed by atoms with E-state index in [1.807, 2.05) is 29.8 Å². The number of halogens is 2. The van der Waals surface area contributed by atoms with Crippen molar-refractivity contribution in [3.05, 3.63) is 58.7 Å². The Labute approximate surface area is 199 Å². The molecule has 1 aliphatic heterocycles. The molecule has 0 spiro atoms. The molecule has 0 aliphatic carbocycles. The minimum absolute atomic E-state index is 0.312. The maximum Gasteiger partial charge on any atom is 0.191 e. The van der Waals surface area contributed by atoms with E-state index in [9.17, 15) is 14.0 Å². The average molecular weight is 480 g/mol. The largest absolute Gasteiger partial charge is 0.367 e. The van der Waals surface area contributed by atoms with Gasteiger partial charge in [-0.05, 0) is 36.8 Å². The van der Waals surface area contributed by atoms with Crippen molar-refractivity contribution in [3.63, 3.8) is 0 Å². The van der Waals surface area contributed by atoms with E-state index in [4.69, 9.17) is 4.98 Å².